The van der Waals surface area contributed by atoms with Gasteiger partial charge in [-0.1, -0.05) is 6.07 Å². The minimum atomic E-state index is -0.596. The van der Waals surface area contributed by atoms with Gasteiger partial charge >= 0.3 is 0 Å². The van der Waals surface area contributed by atoms with Crippen molar-refractivity contribution in [1.82, 2.24) is 4.98 Å². The van der Waals surface area contributed by atoms with E-state index < -0.39 is 5.60 Å². The maximum atomic E-state index is 9.82. The first-order valence-electron chi connectivity index (χ1n) is 3.95. The molecule has 0 saturated heterocycles. The number of hydrogen-bond acceptors (Lipinski definition) is 2. The minimum absolute atomic E-state index is 0.596. The van der Waals surface area contributed by atoms with Gasteiger partial charge in [0, 0.05) is 6.20 Å². The topological polar surface area (TPSA) is 33.1 Å². The van der Waals surface area contributed by atoms with Crippen molar-refractivity contribution in [3.63, 3.8) is 0 Å². The fourth-order valence-corrected chi connectivity index (χ4v) is 1.41. The zero-order chi connectivity index (χ0) is 7.73. The second kappa shape index (κ2) is 2.31. The lowest BCUT2D eigenvalue weighted by atomic mass is 9.78. The van der Waals surface area contributed by atoms with E-state index in [1.165, 1.54) is 0 Å². The third-order valence-corrected chi connectivity index (χ3v) is 2.32. The van der Waals surface area contributed by atoms with Gasteiger partial charge in [-0.25, -0.2) is 0 Å². The van der Waals surface area contributed by atoms with Crippen LogP contribution in [0, 0.1) is 0 Å². The molecular weight excluding hydrogens is 138 g/mol. The summed E-state index contributed by atoms with van der Waals surface area (Å²) in [5.74, 6) is 0. The molecule has 1 aromatic heterocycles. The van der Waals surface area contributed by atoms with Crippen LogP contribution in [0.15, 0.2) is 24.4 Å². The SMILES string of the molecule is OC1(c2ccccn2)CCC1. The van der Waals surface area contributed by atoms with Crippen molar-refractivity contribution in [2.45, 2.75) is 24.9 Å². The maximum absolute atomic E-state index is 9.82. The van der Waals surface area contributed by atoms with E-state index in [2.05, 4.69) is 4.98 Å². The fraction of sp³-hybridized carbons (Fsp3) is 0.444. The average Bonchev–Trinajstić information content (AvgIpc) is 2.02. The summed E-state index contributed by atoms with van der Waals surface area (Å²) in [6.45, 7) is 0. The molecule has 0 bridgehead atoms. The van der Waals surface area contributed by atoms with Crippen molar-refractivity contribution in [1.29, 1.82) is 0 Å². The second-order valence-corrected chi connectivity index (χ2v) is 3.10. The molecule has 2 nitrogen and oxygen atoms in total. The zero-order valence-electron chi connectivity index (χ0n) is 6.33. The summed E-state index contributed by atoms with van der Waals surface area (Å²) in [6.07, 6.45) is 4.58. The first-order chi connectivity index (χ1) is 5.31. The van der Waals surface area contributed by atoms with Crippen LogP contribution in [0.2, 0.25) is 0 Å². The Morgan fingerprint density at radius 1 is 1.36 bits per heavy atom. The van der Waals surface area contributed by atoms with Gasteiger partial charge in [-0.05, 0) is 31.4 Å². The molecular formula is C9H11NO. The summed E-state index contributed by atoms with van der Waals surface area (Å²) in [5.41, 5.74) is 0.229. The van der Waals surface area contributed by atoms with Crippen LogP contribution in [0.4, 0.5) is 0 Å². The van der Waals surface area contributed by atoms with Gasteiger partial charge in [0.15, 0.2) is 0 Å². The average molecular weight is 149 g/mol. The van der Waals surface area contributed by atoms with Crippen molar-refractivity contribution < 1.29 is 5.11 Å². The standard InChI is InChI=1S/C9H11NO/c11-9(5-3-6-9)8-4-1-2-7-10-8/h1-2,4,7,11H,3,5-6H2. The predicted octanol–water partition coefficient (Wildman–Crippen LogP) is 1.45. The van der Waals surface area contributed by atoms with Crippen LogP contribution >= 0.6 is 0 Å². The van der Waals surface area contributed by atoms with Crippen LogP contribution < -0.4 is 0 Å². The normalized spacial score (nSPS) is 20.8. The highest BCUT2D eigenvalue weighted by atomic mass is 16.3. The smallest absolute Gasteiger partial charge is 0.106 e. The van der Waals surface area contributed by atoms with Gasteiger partial charge in [0.25, 0.3) is 0 Å². The Balaban J connectivity index is 2.29. The molecule has 2 rings (SSSR count). The molecule has 0 aliphatic heterocycles. The molecule has 0 radical (unpaired) electrons. The van der Waals surface area contributed by atoms with Crippen molar-refractivity contribution >= 4 is 0 Å². The second-order valence-electron chi connectivity index (χ2n) is 3.10. The Labute approximate surface area is 65.9 Å². The van der Waals surface area contributed by atoms with E-state index >= 15 is 0 Å². The van der Waals surface area contributed by atoms with E-state index in [-0.39, 0.29) is 0 Å². The molecule has 1 N–H and O–H groups in total. The largest absolute Gasteiger partial charge is 0.384 e. The van der Waals surface area contributed by atoms with Gasteiger partial charge in [-0.15, -0.1) is 0 Å². The Kier molecular flexibility index (Phi) is 1.43. The van der Waals surface area contributed by atoms with E-state index in [1.807, 2.05) is 18.2 Å². The van der Waals surface area contributed by atoms with Gasteiger partial charge in [0.05, 0.1) is 5.69 Å². The van der Waals surface area contributed by atoms with Crippen molar-refractivity contribution in [2.75, 3.05) is 0 Å². The number of aromatic nitrogens is 1. The van der Waals surface area contributed by atoms with Gasteiger partial charge < -0.3 is 5.11 Å². The van der Waals surface area contributed by atoms with Crippen LogP contribution in [0.3, 0.4) is 0 Å². The molecule has 1 saturated carbocycles. The molecule has 0 amide bonds. The van der Waals surface area contributed by atoms with Crippen molar-refractivity contribution in [3.8, 4) is 0 Å². The molecule has 11 heavy (non-hydrogen) atoms. The quantitative estimate of drug-likeness (QED) is 0.655. The lowest BCUT2D eigenvalue weighted by molar-refractivity contribution is -0.0426. The van der Waals surface area contributed by atoms with Crippen molar-refractivity contribution in [3.05, 3.63) is 30.1 Å². The summed E-state index contributed by atoms with van der Waals surface area (Å²) in [6, 6.07) is 5.67. The summed E-state index contributed by atoms with van der Waals surface area (Å²) in [7, 11) is 0. The first-order valence-corrected chi connectivity index (χ1v) is 3.95. The van der Waals surface area contributed by atoms with Gasteiger partial charge in [0.2, 0.25) is 0 Å². The third-order valence-electron chi connectivity index (χ3n) is 2.32. The highest BCUT2D eigenvalue weighted by molar-refractivity contribution is 5.15. The highest BCUT2D eigenvalue weighted by Crippen LogP contribution is 2.39. The van der Waals surface area contributed by atoms with E-state index in [0.717, 1.165) is 25.0 Å². The Morgan fingerprint density at radius 3 is 2.64 bits per heavy atom. The summed E-state index contributed by atoms with van der Waals surface area (Å²) in [4.78, 5) is 4.12. The van der Waals surface area contributed by atoms with E-state index in [1.54, 1.807) is 6.20 Å². The summed E-state index contributed by atoms with van der Waals surface area (Å²) in [5, 5.41) is 9.82. The molecule has 58 valence electrons. The monoisotopic (exact) mass is 149 g/mol. The lowest BCUT2D eigenvalue weighted by Crippen LogP contribution is -2.34. The van der Waals surface area contributed by atoms with Gasteiger partial charge in [0.1, 0.15) is 5.60 Å². The summed E-state index contributed by atoms with van der Waals surface area (Å²) < 4.78 is 0. The lowest BCUT2D eigenvalue weighted by Gasteiger charge is -2.35. The molecule has 1 aliphatic carbocycles. The van der Waals surface area contributed by atoms with E-state index in [9.17, 15) is 5.11 Å². The first kappa shape index (κ1) is 6.80. The molecule has 0 spiro atoms. The molecule has 1 fully saturated rings. The van der Waals surface area contributed by atoms with Gasteiger partial charge in [-0.3, -0.25) is 4.98 Å². The zero-order valence-corrected chi connectivity index (χ0v) is 6.33. The van der Waals surface area contributed by atoms with E-state index in [4.69, 9.17) is 0 Å². The Bertz CT molecular complexity index is 241. The van der Waals surface area contributed by atoms with Crippen LogP contribution in [0.5, 0.6) is 0 Å². The fourth-order valence-electron chi connectivity index (χ4n) is 1.41. The van der Waals surface area contributed by atoms with Crippen LogP contribution in [0.1, 0.15) is 25.0 Å². The number of aliphatic hydroxyl groups is 1. The van der Waals surface area contributed by atoms with Crippen LogP contribution in [0.25, 0.3) is 0 Å². The van der Waals surface area contributed by atoms with Crippen molar-refractivity contribution in [2.24, 2.45) is 0 Å². The molecule has 0 unspecified atom stereocenters. The molecule has 2 heteroatoms. The number of pyridine rings is 1. The van der Waals surface area contributed by atoms with Crippen LogP contribution in [-0.2, 0) is 5.60 Å². The molecule has 1 aliphatic rings. The Hall–Kier alpha value is -0.890. The number of nitrogens with zero attached hydrogens (tertiary/aromatic N) is 1. The third kappa shape index (κ3) is 1.03. The van der Waals surface area contributed by atoms with Gasteiger partial charge in [-0.2, -0.15) is 0 Å². The molecule has 1 heterocycles. The highest BCUT2D eigenvalue weighted by Gasteiger charge is 2.37. The minimum Gasteiger partial charge on any atom is -0.384 e. The summed E-state index contributed by atoms with van der Waals surface area (Å²) >= 11 is 0. The Morgan fingerprint density at radius 2 is 2.18 bits per heavy atom. The molecule has 0 aromatic carbocycles. The number of rotatable bonds is 1. The molecule has 0 atom stereocenters. The predicted molar refractivity (Wildman–Crippen MR) is 42.0 cm³/mol. The molecule has 1 aromatic rings. The number of hydrogen-bond donors (Lipinski definition) is 1. The van der Waals surface area contributed by atoms with Crippen LogP contribution in [-0.4, -0.2) is 10.1 Å². The maximum Gasteiger partial charge on any atom is 0.106 e. The van der Waals surface area contributed by atoms with E-state index in [0.29, 0.717) is 0 Å².